The number of rotatable bonds is 4. The van der Waals surface area contributed by atoms with Crippen molar-refractivity contribution in [3.8, 4) is 0 Å². The normalized spacial score (nSPS) is 28.2. The number of nitrogens with one attached hydrogen (secondary N) is 1. The molecule has 9 heteroatoms. The van der Waals surface area contributed by atoms with Crippen LogP contribution in [0, 0.1) is 0 Å². The van der Waals surface area contributed by atoms with Crippen LogP contribution in [-0.4, -0.2) is 55.6 Å². The second kappa shape index (κ2) is 4.77. The van der Waals surface area contributed by atoms with Gasteiger partial charge in [-0.3, -0.25) is 0 Å². The molecule has 17 heavy (non-hydrogen) atoms. The molecule has 0 aromatic rings. The molecular formula is C8H16N4O4S. The van der Waals surface area contributed by atoms with Crippen molar-refractivity contribution in [3.63, 3.8) is 0 Å². The van der Waals surface area contributed by atoms with Crippen LogP contribution in [0.5, 0.6) is 0 Å². The molecule has 1 saturated heterocycles. The van der Waals surface area contributed by atoms with Gasteiger partial charge in [0.05, 0.1) is 6.61 Å². The van der Waals surface area contributed by atoms with Gasteiger partial charge in [0.1, 0.15) is 6.10 Å². The summed E-state index contributed by atoms with van der Waals surface area (Å²) in [5.74, 6) is -0.115. The average Bonchev–Trinajstić information content (AvgIpc) is 3.11. The molecule has 2 aliphatic rings. The third-order valence-corrected chi connectivity index (χ3v) is 4.35. The van der Waals surface area contributed by atoms with Gasteiger partial charge in [0.15, 0.2) is 5.84 Å². The first kappa shape index (κ1) is 12.6. The first-order valence-corrected chi connectivity index (χ1v) is 6.83. The maximum absolute atomic E-state index is 11.9. The quantitative estimate of drug-likeness (QED) is 0.245. The summed E-state index contributed by atoms with van der Waals surface area (Å²) in [5, 5.41) is 11.4. The molecule has 0 spiro atoms. The van der Waals surface area contributed by atoms with Gasteiger partial charge in [-0.25, -0.2) is 0 Å². The highest BCUT2D eigenvalue weighted by atomic mass is 32.2. The van der Waals surface area contributed by atoms with E-state index >= 15 is 0 Å². The molecule has 0 radical (unpaired) electrons. The Kier molecular flexibility index (Phi) is 3.52. The Balaban J connectivity index is 2.00. The lowest BCUT2D eigenvalue weighted by Gasteiger charge is -2.31. The lowest BCUT2D eigenvalue weighted by Crippen LogP contribution is -2.53. The second-order valence-corrected chi connectivity index (χ2v) is 5.84. The van der Waals surface area contributed by atoms with Crippen molar-refractivity contribution in [2.75, 3.05) is 19.7 Å². The van der Waals surface area contributed by atoms with Crippen molar-refractivity contribution in [1.82, 2.24) is 9.03 Å². The minimum Gasteiger partial charge on any atom is -0.409 e. The van der Waals surface area contributed by atoms with Crippen LogP contribution in [0.3, 0.4) is 0 Å². The van der Waals surface area contributed by atoms with Crippen LogP contribution in [0.15, 0.2) is 5.16 Å². The zero-order chi connectivity index (χ0) is 12.5. The Hall–Kier alpha value is -0.900. The van der Waals surface area contributed by atoms with E-state index in [1.165, 1.54) is 4.31 Å². The Morgan fingerprint density at radius 2 is 2.24 bits per heavy atom. The minimum absolute atomic E-state index is 0.0603. The Morgan fingerprint density at radius 1 is 1.53 bits per heavy atom. The highest BCUT2D eigenvalue weighted by molar-refractivity contribution is 7.87. The van der Waals surface area contributed by atoms with Crippen molar-refractivity contribution < 1.29 is 18.4 Å². The summed E-state index contributed by atoms with van der Waals surface area (Å²) in [5.41, 5.74) is 5.40. The number of nitrogens with two attached hydrogens (primary N) is 1. The lowest BCUT2D eigenvalue weighted by atomic mass is 10.3. The highest BCUT2D eigenvalue weighted by Gasteiger charge is 2.35. The summed E-state index contributed by atoms with van der Waals surface area (Å²) in [4.78, 5) is 0. The fourth-order valence-electron chi connectivity index (χ4n) is 1.57. The third kappa shape index (κ3) is 3.06. The Labute approximate surface area is 99.6 Å². The molecule has 4 N–H and O–H groups in total. The van der Waals surface area contributed by atoms with E-state index in [1.54, 1.807) is 0 Å². The van der Waals surface area contributed by atoms with E-state index in [0.717, 1.165) is 12.8 Å². The predicted octanol–water partition coefficient (Wildman–Crippen LogP) is -1.57. The van der Waals surface area contributed by atoms with E-state index in [1.807, 2.05) is 0 Å². The predicted molar refractivity (Wildman–Crippen MR) is 59.8 cm³/mol. The number of ether oxygens (including phenoxy) is 1. The monoisotopic (exact) mass is 264 g/mol. The molecule has 1 heterocycles. The van der Waals surface area contributed by atoms with Crippen LogP contribution in [0.2, 0.25) is 0 Å². The first-order valence-electron chi connectivity index (χ1n) is 5.39. The molecule has 2 rings (SSSR count). The Morgan fingerprint density at radius 3 is 2.82 bits per heavy atom. The molecule has 1 aliphatic carbocycles. The SMILES string of the molecule is NC(=NO)C1CN(S(=O)(=O)NC2CC2)CCO1. The van der Waals surface area contributed by atoms with Gasteiger partial charge < -0.3 is 15.7 Å². The average molecular weight is 264 g/mol. The van der Waals surface area contributed by atoms with Crippen molar-refractivity contribution in [3.05, 3.63) is 0 Å². The van der Waals surface area contributed by atoms with E-state index in [2.05, 4.69) is 9.88 Å². The summed E-state index contributed by atoms with van der Waals surface area (Å²) >= 11 is 0. The summed E-state index contributed by atoms with van der Waals surface area (Å²) in [6.45, 7) is 0.571. The topological polar surface area (TPSA) is 117 Å². The molecule has 1 unspecified atom stereocenters. The number of amidine groups is 1. The van der Waals surface area contributed by atoms with Crippen LogP contribution in [0.4, 0.5) is 0 Å². The number of hydrogen-bond donors (Lipinski definition) is 3. The molecule has 8 nitrogen and oxygen atoms in total. The maximum Gasteiger partial charge on any atom is 0.279 e. The summed E-state index contributed by atoms with van der Waals surface area (Å²) in [6, 6.07) is 0.0603. The lowest BCUT2D eigenvalue weighted by molar-refractivity contribution is 0.0350. The van der Waals surface area contributed by atoms with Crippen LogP contribution < -0.4 is 10.5 Å². The van der Waals surface area contributed by atoms with Crippen molar-refractivity contribution in [1.29, 1.82) is 0 Å². The van der Waals surface area contributed by atoms with Gasteiger partial charge in [0.25, 0.3) is 10.2 Å². The Bertz CT molecular complexity index is 406. The zero-order valence-corrected chi connectivity index (χ0v) is 10.1. The van der Waals surface area contributed by atoms with E-state index in [0.29, 0.717) is 0 Å². The fraction of sp³-hybridized carbons (Fsp3) is 0.875. The van der Waals surface area contributed by atoms with Crippen molar-refractivity contribution >= 4 is 16.0 Å². The fourth-order valence-corrected chi connectivity index (χ4v) is 3.03. The molecule has 2 fully saturated rings. The largest absolute Gasteiger partial charge is 0.409 e. The molecular weight excluding hydrogens is 248 g/mol. The van der Waals surface area contributed by atoms with Crippen molar-refractivity contribution in [2.45, 2.75) is 25.0 Å². The van der Waals surface area contributed by atoms with Gasteiger partial charge in [-0.1, -0.05) is 5.16 Å². The minimum atomic E-state index is -3.48. The summed E-state index contributed by atoms with van der Waals surface area (Å²) in [6.07, 6.45) is 1.07. The van der Waals surface area contributed by atoms with Gasteiger partial charge in [-0.05, 0) is 12.8 Å². The highest BCUT2D eigenvalue weighted by Crippen LogP contribution is 2.21. The number of hydrogen-bond acceptors (Lipinski definition) is 5. The van der Waals surface area contributed by atoms with Gasteiger partial charge in [0.2, 0.25) is 0 Å². The number of nitrogens with zero attached hydrogens (tertiary/aromatic N) is 2. The molecule has 98 valence electrons. The van der Waals surface area contributed by atoms with E-state index in [4.69, 9.17) is 15.7 Å². The number of morpholine rings is 1. The molecule has 0 aromatic heterocycles. The van der Waals surface area contributed by atoms with E-state index < -0.39 is 16.3 Å². The van der Waals surface area contributed by atoms with Gasteiger partial charge >= 0.3 is 0 Å². The van der Waals surface area contributed by atoms with E-state index in [-0.39, 0.29) is 31.6 Å². The molecule has 1 atom stereocenters. The van der Waals surface area contributed by atoms with Crippen LogP contribution in [-0.2, 0) is 14.9 Å². The molecule has 1 aliphatic heterocycles. The first-order chi connectivity index (χ1) is 8.03. The molecule has 1 saturated carbocycles. The van der Waals surface area contributed by atoms with Gasteiger partial charge in [-0.2, -0.15) is 17.4 Å². The second-order valence-electron chi connectivity index (χ2n) is 4.14. The van der Waals surface area contributed by atoms with Crippen LogP contribution >= 0.6 is 0 Å². The van der Waals surface area contributed by atoms with E-state index in [9.17, 15) is 8.42 Å². The number of oxime groups is 1. The van der Waals surface area contributed by atoms with Crippen LogP contribution in [0.1, 0.15) is 12.8 Å². The van der Waals surface area contributed by atoms with Crippen molar-refractivity contribution in [2.24, 2.45) is 10.9 Å². The summed E-state index contributed by atoms with van der Waals surface area (Å²) < 4.78 is 32.9. The van der Waals surface area contributed by atoms with Gasteiger partial charge in [0, 0.05) is 19.1 Å². The molecule has 0 aromatic carbocycles. The zero-order valence-electron chi connectivity index (χ0n) is 9.24. The molecule has 0 amide bonds. The molecule has 0 bridgehead atoms. The standard InChI is InChI=1S/C8H16N4O4S/c9-8(10-13)7-5-12(3-4-16-7)17(14,15)11-6-1-2-6/h6-7,11,13H,1-5H2,(H2,9,10). The van der Waals surface area contributed by atoms with Gasteiger partial charge in [-0.15, -0.1) is 0 Å². The third-order valence-electron chi connectivity index (χ3n) is 2.71. The van der Waals surface area contributed by atoms with Crippen LogP contribution in [0.25, 0.3) is 0 Å². The smallest absolute Gasteiger partial charge is 0.279 e. The maximum atomic E-state index is 11.9. The summed E-state index contributed by atoms with van der Waals surface area (Å²) in [7, 11) is -3.48.